The normalized spacial score (nSPS) is 13.1. The maximum absolute atomic E-state index is 12.4. The van der Waals surface area contributed by atoms with E-state index in [-0.39, 0.29) is 24.3 Å². The first-order valence-corrected chi connectivity index (χ1v) is 8.33. The van der Waals surface area contributed by atoms with Crippen molar-refractivity contribution in [3.63, 3.8) is 0 Å². The molecule has 0 aromatic heterocycles. The Kier molecular flexibility index (Phi) is 4.93. The number of hydrogen-bond acceptors (Lipinski definition) is 4. The lowest BCUT2D eigenvalue weighted by molar-refractivity contribution is 0.0498. The van der Waals surface area contributed by atoms with Crippen LogP contribution in [0.5, 0.6) is 0 Å². The van der Waals surface area contributed by atoms with Crippen molar-refractivity contribution >= 4 is 17.8 Å². The van der Waals surface area contributed by atoms with Gasteiger partial charge in [-0.05, 0) is 36.2 Å². The van der Waals surface area contributed by atoms with Crippen LogP contribution in [0.2, 0.25) is 0 Å². The fraction of sp³-hybridized carbons (Fsp3) is 0.250. The number of amides is 2. The smallest absolute Gasteiger partial charge is 0.338 e. The predicted octanol–water partition coefficient (Wildman–Crippen LogP) is 3.44. The summed E-state index contributed by atoms with van der Waals surface area (Å²) in [4.78, 5) is 37.8. The molecule has 0 radical (unpaired) electrons. The van der Waals surface area contributed by atoms with Gasteiger partial charge in [0, 0.05) is 0 Å². The van der Waals surface area contributed by atoms with Crippen LogP contribution in [-0.4, -0.2) is 29.3 Å². The van der Waals surface area contributed by atoms with Crippen molar-refractivity contribution in [1.29, 1.82) is 0 Å². The molecule has 1 aliphatic heterocycles. The van der Waals surface area contributed by atoms with Gasteiger partial charge in [-0.2, -0.15) is 0 Å². The van der Waals surface area contributed by atoms with Gasteiger partial charge in [0.1, 0.15) is 0 Å². The van der Waals surface area contributed by atoms with Crippen LogP contribution in [0, 0.1) is 0 Å². The maximum Gasteiger partial charge on any atom is 0.338 e. The monoisotopic (exact) mass is 337 g/mol. The molecule has 128 valence electrons. The first-order valence-electron chi connectivity index (χ1n) is 8.33. The zero-order chi connectivity index (χ0) is 17.8. The highest BCUT2D eigenvalue weighted by molar-refractivity contribution is 6.21. The van der Waals surface area contributed by atoms with Gasteiger partial charge in [-0.25, -0.2) is 4.79 Å². The summed E-state index contributed by atoms with van der Waals surface area (Å²) in [7, 11) is 0. The molecular formula is C20H19NO4. The molecule has 0 spiro atoms. The van der Waals surface area contributed by atoms with Crippen LogP contribution in [0.15, 0.2) is 48.5 Å². The van der Waals surface area contributed by atoms with E-state index in [0.29, 0.717) is 23.3 Å². The molecule has 1 aliphatic rings. The number of ether oxygens (including phenoxy) is 1. The Hall–Kier alpha value is -2.95. The lowest BCUT2D eigenvalue weighted by Crippen LogP contribution is -2.29. The average Bonchev–Trinajstić information content (AvgIpc) is 2.88. The van der Waals surface area contributed by atoms with Crippen molar-refractivity contribution < 1.29 is 19.1 Å². The molecule has 2 aromatic carbocycles. The third-order valence-electron chi connectivity index (χ3n) is 4.14. The van der Waals surface area contributed by atoms with Crippen LogP contribution in [-0.2, 0) is 11.3 Å². The Morgan fingerprint density at radius 3 is 2.12 bits per heavy atom. The van der Waals surface area contributed by atoms with E-state index in [4.69, 9.17) is 4.74 Å². The van der Waals surface area contributed by atoms with Gasteiger partial charge in [0.2, 0.25) is 0 Å². The van der Waals surface area contributed by atoms with Crippen molar-refractivity contribution in [3.05, 3.63) is 70.8 Å². The minimum absolute atomic E-state index is 0.178. The minimum Gasteiger partial charge on any atom is -0.462 e. The largest absolute Gasteiger partial charge is 0.462 e. The molecule has 0 saturated heterocycles. The quantitative estimate of drug-likeness (QED) is 0.460. The summed E-state index contributed by atoms with van der Waals surface area (Å²) >= 11 is 0. The van der Waals surface area contributed by atoms with Crippen molar-refractivity contribution in [2.24, 2.45) is 0 Å². The lowest BCUT2D eigenvalue weighted by Gasteiger charge is -2.14. The van der Waals surface area contributed by atoms with Crippen LogP contribution >= 0.6 is 0 Å². The number of unbranched alkanes of at least 4 members (excludes halogenated alkanes) is 1. The highest BCUT2D eigenvalue weighted by Crippen LogP contribution is 2.24. The van der Waals surface area contributed by atoms with Crippen LogP contribution < -0.4 is 0 Å². The summed E-state index contributed by atoms with van der Waals surface area (Å²) in [6, 6.07) is 13.6. The zero-order valence-electron chi connectivity index (χ0n) is 14.0. The molecule has 2 amide bonds. The third kappa shape index (κ3) is 3.45. The van der Waals surface area contributed by atoms with Crippen LogP contribution in [0.4, 0.5) is 0 Å². The maximum atomic E-state index is 12.4. The minimum atomic E-state index is -0.360. The number of carbonyl (C=O) groups excluding carboxylic acids is 3. The molecule has 5 nitrogen and oxygen atoms in total. The van der Waals surface area contributed by atoms with E-state index in [1.807, 2.05) is 6.92 Å². The van der Waals surface area contributed by atoms with Crippen LogP contribution in [0.1, 0.15) is 56.4 Å². The number of nitrogens with zero attached hydrogens (tertiary/aromatic N) is 1. The summed E-state index contributed by atoms with van der Waals surface area (Å²) in [6.45, 7) is 2.62. The molecule has 5 heteroatoms. The van der Waals surface area contributed by atoms with Gasteiger partial charge in [0.05, 0.1) is 29.8 Å². The van der Waals surface area contributed by atoms with Crippen molar-refractivity contribution in [3.8, 4) is 0 Å². The average molecular weight is 337 g/mol. The van der Waals surface area contributed by atoms with Gasteiger partial charge in [-0.1, -0.05) is 37.6 Å². The fourth-order valence-corrected chi connectivity index (χ4v) is 2.70. The summed E-state index contributed by atoms with van der Waals surface area (Å²) in [5, 5.41) is 0. The topological polar surface area (TPSA) is 63.7 Å². The second kappa shape index (κ2) is 7.30. The Labute approximate surface area is 146 Å². The molecular weight excluding hydrogens is 318 g/mol. The lowest BCUT2D eigenvalue weighted by atomic mass is 10.1. The van der Waals surface area contributed by atoms with E-state index >= 15 is 0 Å². The fourth-order valence-electron chi connectivity index (χ4n) is 2.70. The Bertz CT molecular complexity index is 776. The molecule has 0 atom stereocenters. The van der Waals surface area contributed by atoms with Crippen molar-refractivity contribution in [2.75, 3.05) is 6.61 Å². The molecule has 0 fully saturated rings. The summed E-state index contributed by atoms with van der Waals surface area (Å²) in [5.74, 6) is -0.937. The van der Waals surface area contributed by atoms with Gasteiger partial charge >= 0.3 is 5.97 Å². The van der Waals surface area contributed by atoms with Crippen molar-refractivity contribution in [1.82, 2.24) is 4.90 Å². The Balaban J connectivity index is 1.67. The molecule has 0 unspecified atom stereocenters. The Morgan fingerprint density at radius 1 is 0.960 bits per heavy atom. The molecule has 1 heterocycles. The predicted molar refractivity (Wildman–Crippen MR) is 92.3 cm³/mol. The van der Waals surface area contributed by atoms with E-state index in [2.05, 4.69) is 0 Å². The third-order valence-corrected chi connectivity index (χ3v) is 4.14. The summed E-state index contributed by atoms with van der Waals surface area (Å²) in [6.07, 6.45) is 1.80. The van der Waals surface area contributed by atoms with E-state index in [0.717, 1.165) is 18.4 Å². The first kappa shape index (κ1) is 16.9. The van der Waals surface area contributed by atoms with Crippen LogP contribution in [0.25, 0.3) is 0 Å². The molecule has 0 saturated carbocycles. The Morgan fingerprint density at radius 2 is 1.56 bits per heavy atom. The number of esters is 1. The summed E-state index contributed by atoms with van der Waals surface area (Å²) in [5.41, 5.74) is 2.11. The van der Waals surface area contributed by atoms with E-state index in [1.54, 1.807) is 48.5 Å². The zero-order valence-corrected chi connectivity index (χ0v) is 14.0. The van der Waals surface area contributed by atoms with Crippen LogP contribution in [0.3, 0.4) is 0 Å². The van der Waals surface area contributed by atoms with Crippen molar-refractivity contribution in [2.45, 2.75) is 26.3 Å². The molecule has 2 aromatic rings. The van der Waals surface area contributed by atoms with Gasteiger partial charge in [0.25, 0.3) is 11.8 Å². The molecule has 25 heavy (non-hydrogen) atoms. The van der Waals surface area contributed by atoms with E-state index in [1.165, 1.54) is 4.90 Å². The number of benzene rings is 2. The van der Waals surface area contributed by atoms with Gasteiger partial charge < -0.3 is 4.74 Å². The second-order valence-electron chi connectivity index (χ2n) is 5.93. The number of rotatable bonds is 6. The standard InChI is InChI=1S/C20H19NO4/c1-2-3-12-25-20(24)15-10-8-14(9-11-15)13-21-18(22)16-6-4-5-7-17(16)19(21)23/h4-11H,2-3,12-13H2,1H3. The number of fused-ring (bicyclic) bond motifs is 1. The number of carbonyl (C=O) groups is 3. The van der Waals surface area contributed by atoms with Gasteiger partial charge in [-0.3, -0.25) is 14.5 Å². The van der Waals surface area contributed by atoms with Gasteiger partial charge in [0.15, 0.2) is 0 Å². The SMILES string of the molecule is CCCCOC(=O)c1ccc(CN2C(=O)c3ccccc3C2=O)cc1. The second-order valence-corrected chi connectivity index (χ2v) is 5.93. The van der Waals surface area contributed by atoms with Gasteiger partial charge in [-0.15, -0.1) is 0 Å². The highest BCUT2D eigenvalue weighted by Gasteiger charge is 2.34. The summed E-state index contributed by atoms with van der Waals surface area (Å²) < 4.78 is 5.16. The molecule has 0 aliphatic carbocycles. The van der Waals surface area contributed by atoms with E-state index in [9.17, 15) is 14.4 Å². The number of hydrogen-bond donors (Lipinski definition) is 0. The highest BCUT2D eigenvalue weighted by atomic mass is 16.5. The molecule has 0 N–H and O–H groups in total. The van der Waals surface area contributed by atoms with E-state index < -0.39 is 0 Å². The first-order chi connectivity index (χ1) is 12.1. The number of imide groups is 1. The molecule has 0 bridgehead atoms. The molecule has 3 rings (SSSR count).